The molecule has 0 radical (unpaired) electrons. The predicted molar refractivity (Wildman–Crippen MR) is 43.5 cm³/mol. The summed E-state index contributed by atoms with van der Waals surface area (Å²) in [5.41, 5.74) is 11.1. The molecule has 0 atom stereocenters. The number of nitrogens with zero attached hydrogens (tertiary/aromatic N) is 2. The third-order valence-corrected chi connectivity index (χ3v) is 1.71. The van der Waals surface area contributed by atoms with Crippen molar-refractivity contribution in [1.82, 2.24) is 5.16 Å². The van der Waals surface area contributed by atoms with Crippen LogP contribution in [0.3, 0.4) is 0 Å². The fourth-order valence-corrected chi connectivity index (χ4v) is 1.07. The lowest BCUT2D eigenvalue weighted by atomic mass is 10.2. The number of aromatic hydroxyl groups is 1. The minimum atomic E-state index is -0.307. The molecule has 0 unspecified atom stereocenters. The third kappa shape index (κ3) is 0.835. The quantitative estimate of drug-likeness (QED) is 0.282. The van der Waals surface area contributed by atoms with Crippen LogP contribution in [0, 0.1) is 5.21 Å². The van der Waals surface area contributed by atoms with E-state index in [4.69, 9.17) is 11.5 Å². The normalized spacial score (nSPS) is 10.8. The maximum Gasteiger partial charge on any atom is 0.277 e. The lowest BCUT2D eigenvalue weighted by molar-refractivity contribution is -0.782. The van der Waals surface area contributed by atoms with Crippen molar-refractivity contribution in [2.24, 2.45) is 0 Å². The van der Waals surface area contributed by atoms with E-state index in [2.05, 4.69) is 9.79 Å². The van der Waals surface area contributed by atoms with Crippen molar-refractivity contribution < 1.29 is 14.6 Å². The monoisotopic (exact) mass is 182 g/mol. The van der Waals surface area contributed by atoms with Crippen LogP contribution in [0.5, 0.6) is 5.75 Å². The number of hydrogen-bond acceptors (Lipinski definition) is 6. The Morgan fingerprint density at radius 1 is 1.54 bits per heavy atom. The smallest absolute Gasteiger partial charge is 0.277 e. The van der Waals surface area contributed by atoms with Crippen molar-refractivity contribution in [3.05, 3.63) is 11.3 Å². The molecule has 1 heterocycles. The second kappa shape index (κ2) is 2.16. The molecule has 13 heavy (non-hydrogen) atoms. The predicted octanol–water partition coefficient (Wildman–Crippen LogP) is -0.669. The lowest BCUT2D eigenvalue weighted by Crippen LogP contribution is -2.22. The van der Waals surface area contributed by atoms with E-state index >= 15 is 0 Å². The van der Waals surface area contributed by atoms with Gasteiger partial charge in [0.15, 0.2) is 5.75 Å². The molecule has 0 fully saturated rings. The van der Waals surface area contributed by atoms with E-state index in [0.29, 0.717) is 0 Å². The summed E-state index contributed by atoms with van der Waals surface area (Å²) in [6.45, 7) is 0. The number of phenols is 1. The van der Waals surface area contributed by atoms with Gasteiger partial charge in [0.2, 0.25) is 0 Å². The topological polar surface area (TPSA) is 125 Å². The number of hydrogen-bond donors (Lipinski definition) is 3. The van der Waals surface area contributed by atoms with Crippen LogP contribution in [-0.4, -0.2) is 10.3 Å². The molecular weight excluding hydrogens is 176 g/mol. The Labute approximate surface area is 71.7 Å². The number of nitrogen functional groups attached to an aromatic ring is 2. The van der Waals surface area contributed by atoms with Gasteiger partial charge in [-0.1, -0.05) is 0 Å². The fraction of sp³-hybridized carbons (Fsp3) is 0. The number of fused-ring (bicyclic) bond motifs is 1. The van der Waals surface area contributed by atoms with Gasteiger partial charge < -0.3 is 21.8 Å². The van der Waals surface area contributed by atoms with Gasteiger partial charge >= 0.3 is 0 Å². The van der Waals surface area contributed by atoms with E-state index in [1.165, 1.54) is 6.07 Å². The second-order valence-corrected chi connectivity index (χ2v) is 2.53. The lowest BCUT2D eigenvalue weighted by Gasteiger charge is -1.98. The van der Waals surface area contributed by atoms with Gasteiger partial charge in [-0.2, -0.15) is 0 Å². The van der Waals surface area contributed by atoms with E-state index < -0.39 is 0 Å². The molecule has 0 aliphatic carbocycles. The molecule has 0 aliphatic rings. The van der Waals surface area contributed by atoms with Crippen molar-refractivity contribution in [1.29, 1.82) is 0 Å². The number of rotatable bonds is 0. The first-order valence-corrected chi connectivity index (χ1v) is 3.37. The summed E-state index contributed by atoms with van der Waals surface area (Å²) in [6, 6.07) is 1.17. The molecule has 0 spiro atoms. The Hall–Kier alpha value is -2.18. The highest BCUT2D eigenvalue weighted by molar-refractivity contribution is 5.95. The molecule has 0 aliphatic heterocycles. The van der Waals surface area contributed by atoms with Gasteiger partial charge in [0, 0.05) is 11.2 Å². The molecule has 0 bridgehead atoms. The molecule has 0 amide bonds. The highest BCUT2D eigenvalue weighted by atomic mass is 16.8. The molecule has 5 N–H and O–H groups in total. The number of nitrogens with two attached hydrogens (primary N) is 2. The standard InChI is InChI=1S/C6H6N4O3/c7-2-1-3(11)6-5(4(2)8)9-13-10(6)12/h1,11H,7-8H2. The third-order valence-electron chi connectivity index (χ3n) is 1.71. The van der Waals surface area contributed by atoms with Crippen LogP contribution in [0.15, 0.2) is 10.7 Å². The van der Waals surface area contributed by atoms with Crippen LogP contribution in [0.2, 0.25) is 0 Å². The molecule has 1 aromatic heterocycles. The highest BCUT2D eigenvalue weighted by Crippen LogP contribution is 2.30. The van der Waals surface area contributed by atoms with Crippen molar-refractivity contribution in [2.45, 2.75) is 0 Å². The zero-order valence-electron chi connectivity index (χ0n) is 6.39. The van der Waals surface area contributed by atoms with Crippen molar-refractivity contribution in [3.8, 4) is 5.75 Å². The largest absolute Gasteiger partial charge is 0.504 e. The van der Waals surface area contributed by atoms with E-state index in [9.17, 15) is 10.3 Å². The molecule has 7 heteroatoms. The van der Waals surface area contributed by atoms with Gasteiger partial charge in [-0.25, -0.2) is 0 Å². The molecule has 68 valence electrons. The van der Waals surface area contributed by atoms with Gasteiger partial charge in [-0.15, -0.1) is 0 Å². The average molecular weight is 182 g/mol. The second-order valence-electron chi connectivity index (χ2n) is 2.53. The molecule has 0 saturated carbocycles. The molecular formula is C6H6N4O3. The van der Waals surface area contributed by atoms with Gasteiger partial charge in [0.05, 0.1) is 5.69 Å². The summed E-state index contributed by atoms with van der Waals surface area (Å²) >= 11 is 0. The minimum Gasteiger partial charge on any atom is -0.504 e. The summed E-state index contributed by atoms with van der Waals surface area (Å²) in [7, 11) is 0. The maximum atomic E-state index is 10.9. The first kappa shape index (κ1) is 7.47. The van der Waals surface area contributed by atoms with E-state index in [1.807, 2.05) is 0 Å². The van der Waals surface area contributed by atoms with Crippen molar-refractivity contribution >= 4 is 22.4 Å². The summed E-state index contributed by atoms with van der Waals surface area (Å²) in [5.74, 6) is -0.307. The SMILES string of the molecule is Nc1cc(O)c2c(no[n+]2[O-])c1N. The van der Waals surface area contributed by atoms with Gasteiger partial charge in [0.1, 0.15) is 5.69 Å². The molecule has 0 saturated heterocycles. The summed E-state index contributed by atoms with van der Waals surface area (Å²) in [4.78, 5) is 0.0699. The zero-order chi connectivity index (χ0) is 9.59. The molecule has 7 nitrogen and oxygen atoms in total. The van der Waals surface area contributed by atoms with Gasteiger partial charge in [0.25, 0.3) is 11.0 Å². The van der Waals surface area contributed by atoms with Crippen LogP contribution in [0.25, 0.3) is 11.0 Å². The Morgan fingerprint density at radius 2 is 2.23 bits per heavy atom. The van der Waals surface area contributed by atoms with Crippen LogP contribution in [0.1, 0.15) is 0 Å². The van der Waals surface area contributed by atoms with Crippen LogP contribution >= 0.6 is 0 Å². The van der Waals surface area contributed by atoms with Crippen molar-refractivity contribution in [2.75, 3.05) is 11.5 Å². The molecule has 1 aromatic carbocycles. The first-order chi connectivity index (χ1) is 6.11. The van der Waals surface area contributed by atoms with E-state index in [-0.39, 0.29) is 33.1 Å². The zero-order valence-corrected chi connectivity index (χ0v) is 6.39. The van der Waals surface area contributed by atoms with E-state index in [0.717, 1.165) is 0 Å². The van der Waals surface area contributed by atoms with Gasteiger partial charge in [-0.3, -0.25) is 4.63 Å². The number of benzene rings is 1. The number of aromatic nitrogens is 2. The van der Waals surface area contributed by atoms with Crippen LogP contribution < -0.4 is 16.4 Å². The van der Waals surface area contributed by atoms with Crippen LogP contribution in [-0.2, 0) is 0 Å². The fourth-order valence-electron chi connectivity index (χ4n) is 1.07. The molecule has 2 aromatic rings. The van der Waals surface area contributed by atoms with Gasteiger partial charge in [-0.05, 0) is 4.90 Å². The summed E-state index contributed by atoms with van der Waals surface area (Å²) < 4.78 is 4.25. The Bertz CT molecular complexity index is 478. The Balaban J connectivity index is 2.99. The van der Waals surface area contributed by atoms with Crippen molar-refractivity contribution in [3.63, 3.8) is 0 Å². The average Bonchev–Trinajstić information content (AvgIpc) is 2.44. The molecule has 2 rings (SSSR count). The minimum absolute atomic E-state index is 0.0625. The first-order valence-electron chi connectivity index (χ1n) is 3.37. The van der Waals surface area contributed by atoms with E-state index in [1.54, 1.807) is 0 Å². The summed E-state index contributed by atoms with van der Waals surface area (Å²) in [6.07, 6.45) is 0. The Kier molecular flexibility index (Phi) is 1.24. The number of anilines is 2. The van der Waals surface area contributed by atoms with Crippen LogP contribution in [0.4, 0.5) is 11.4 Å². The number of phenolic OH excluding ortho intramolecular Hbond substituents is 1. The Morgan fingerprint density at radius 3 is 2.92 bits per heavy atom. The summed E-state index contributed by atoms with van der Waals surface area (Å²) in [5, 5.41) is 23.5. The highest BCUT2D eigenvalue weighted by Gasteiger charge is 2.19. The maximum absolute atomic E-state index is 10.9.